The largest absolute Gasteiger partial charge is 0.509 e. The zero-order chi connectivity index (χ0) is 44.6. The Morgan fingerprint density at radius 2 is 1.22 bits per heavy atom. The summed E-state index contributed by atoms with van der Waals surface area (Å²) in [5, 5.41) is 1.58. The SMILES string of the molecule is CC(C)(C)c1cc(N2[CH-]N(c3[c-]c(Oc4[c-]c5c(cc4)c4cc(-c6ccccc6C(F)(F)F)ccc4n5-c4cc(C(C)(C)C)ccn4)ccc3)c3ccccc32)cc(C(C)(C)C)c1.[Pt]. The molecule has 1 aliphatic rings. The summed E-state index contributed by atoms with van der Waals surface area (Å²) in [7, 11) is 0. The molecule has 0 amide bonds. The van der Waals surface area contributed by atoms with Gasteiger partial charge in [0.2, 0.25) is 0 Å². The summed E-state index contributed by atoms with van der Waals surface area (Å²) < 4.78 is 51.2. The van der Waals surface area contributed by atoms with E-state index >= 15 is 0 Å². The van der Waals surface area contributed by atoms with Gasteiger partial charge in [-0.25, -0.2) is 4.98 Å². The number of para-hydroxylation sites is 2. The number of alkyl halides is 3. The molecule has 9 rings (SSSR count). The summed E-state index contributed by atoms with van der Waals surface area (Å²) in [5.74, 6) is 1.62. The number of halogens is 3. The van der Waals surface area contributed by atoms with Crippen molar-refractivity contribution in [2.45, 2.75) is 84.7 Å². The third-order valence-corrected chi connectivity index (χ3v) is 11.8. The van der Waals surface area contributed by atoms with Gasteiger partial charge in [-0.15, -0.1) is 48.1 Å². The van der Waals surface area contributed by atoms with Gasteiger partial charge in [0, 0.05) is 61.3 Å². The maximum atomic E-state index is 14.2. The first-order valence-corrected chi connectivity index (χ1v) is 21.3. The number of aromatic nitrogens is 2. The first-order chi connectivity index (χ1) is 29.7. The second-order valence-electron chi connectivity index (χ2n) is 19.5. The number of nitrogens with zero attached hydrogens (tertiary/aromatic N) is 4. The third kappa shape index (κ3) is 8.45. The Morgan fingerprint density at radius 1 is 0.578 bits per heavy atom. The summed E-state index contributed by atoms with van der Waals surface area (Å²) in [6.45, 7) is 22.1. The molecule has 0 radical (unpaired) electrons. The van der Waals surface area contributed by atoms with Crippen molar-refractivity contribution < 1.29 is 39.0 Å². The average Bonchev–Trinajstić information content (AvgIpc) is 3.78. The molecule has 0 saturated heterocycles. The number of rotatable bonds is 6. The van der Waals surface area contributed by atoms with E-state index in [4.69, 9.17) is 9.72 Å². The smallest absolute Gasteiger partial charge is 0.417 e. The monoisotopic (exact) mass is 1030 g/mol. The van der Waals surface area contributed by atoms with Crippen molar-refractivity contribution in [2.24, 2.45) is 0 Å². The molecule has 0 saturated carbocycles. The number of benzene rings is 6. The van der Waals surface area contributed by atoms with E-state index in [1.54, 1.807) is 18.3 Å². The van der Waals surface area contributed by atoms with E-state index in [1.807, 2.05) is 59.2 Å². The number of ether oxygens (including phenoxy) is 1. The molecule has 8 aromatic rings. The van der Waals surface area contributed by atoms with Crippen molar-refractivity contribution in [3.63, 3.8) is 0 Å². The van der Waals surface area contributed by atoms with Crippen LogP contribution in [0.5, 0.6) is 11.5 Å². The van der Waals surface area contributed by atoms with Gasteiger partial charge in [-0.3, -0.25) is 0 Å². The van der Waals surface area contributed by atoms with E-state index in [1.165, 1.54) is 23.3 Å². The molecule has 330 valence electrons. The molecule has 0 unspecified atom stereocenters. The molecule has 9 heteroatoms. The van der Waals surface area contributed by atoms with Crippen molar-refractivity contribution in [1.29, 1.82) is 0 Å². The second-order valence-corrected chi connectivity index (χ2v) is 19.5. The van der Waals surface area contributed by atoms with Crippen molar-refractivity contribution >= 4 is 44.6 Å². The molecule has 0 aliphatic carbocycles. The zero-order valence-corrected chi connectivity index (χ0v) is 39.7. The van der Waals surface area contributed by atoms with Gasteiger partial charge >= 0.3 is 6.18 Å². The number of fused-ring (bicyclic) bond motifs is 4. The predicted octanol–water partition coefficient (Wildman–Crippen LogP) is 15.6. The van der Waals surface area contributed by atoms with E-state index in [0.717, 1.165) is 50.7 Å². The maximum absolute atomic E-state index is 14.2. The minimum Gasteiger partial charge on any atom is -0.509 e. The summed E-state index contributed by atoms with van der Waals surface area (Å²) in [5.41, 5.74) is 8.74. The Kier molecular flexibility index (Phi) is 11.4. The molecule has 1 aliphatic heterocycles. The third-order valence-electron chi connectivity index (χ3n) is 11.8. The van der Waals surface area contributed by atoms with Crippen molar-refractivity contribution in [2.75, 3.05) is 9.80 Å². The predicted molar refractivity (Wildman–Crippen MR) is 251 cm³/mol. The Balaban J connectivity index is 0.00000560. The fraction of sp³-hybridized carbons (Fsp3) is 0.236. The van der Waals surface area contributed by atoms with Crippen LogP contribution in [0.15, 0.2) is 134 Å². The molecule has 6 aromatic carbocycles. The summed E-state index contributed by atoms with van der Waals surface area (Å²) >= 11 is 0. The summed E-state index contributed by atoms with van der Waals surface area (Å²) in [6.07, 6.45) is -2.71. The van der Waals surface area contributed by atoms with Crippen molar-refractivity contribution in [1.82, 2.24) is 9.55 Å². The Hall–Kier alpha value is -5.85. The molecule has 0 spiro atoms. The maximum Gasteiger partial charge on any atom is 0.417 e. The van der Waals surface area contributed by atoms with Gasteiger partial charge in [0.05, 0.1) is 5.56 Å². The molecule has 0 bridgehead atoms. The Labute approximate surface area is 388 Å². The van der Waals surface area contributed by atoms with E-state index in [2.05, 4.69) is 133 Å². The molecule has 5 nitrogen and oxygen atoms in total. The molecule has 0 atom stereocenters. The van der Waals surface area contributed by atoms with Crippen LogP contribution in [0.25, 0.3) is 38.8 Å². The fourth-order valence-electron chi connectivity index (χ4n) is 8.26. The molecule has 0 N–H and O–H groups in total. The zero-order valence-electron chi connectivity index (χ0n) is 37.4. The molecule has 3 heterocycles. The van der Waals surface area contributed by atoms with Crippen LogP contribution in [-0.2, 0) is 43.5 Å². The van der Waals surface area contributed by atoms with Crippen LogP contribution in [0.3, 0.4) is 0 Å². The van der Waals surface area contributed by atoms with Gasteiger partial charge in [0.15, 0.2) is 0 Å². The number of anilines is 4. The van der Waals surface area contributed by atoms with Crippen LogP contribution in [0, 0.1) is 18.8 Å². The van der Waals surface area contributed by atoms with Gasteiger partial charge in [0.1, 0.15) is 5.82 Å². The minimum absolute atomic E-state index is 0. The second kappa shape index (κ2) is 16.3. The van der Waals surface area contributed by atoms with Gasteiger partial charge in [-0.1, -0.05) is 116 Å². The number of pyridine rings is 1. The van der Waals surface area contributed by atoms with Crippen LogP contribution < -0.4 is 14.5 Å². The molecular weight excluding hydrogens is 985 g/mol. The van der Waals surface area contributed by atoms with E-state index in [9.17, 15) is 13.2 Å². The summed E-state index contributed by atoms with van der Waals surface area (Å²) in [6, 6.07) is 47.1. The topological polar surface area (TPSA) is 33.5 Å². The van der Waals surface area contributed by atoms with Crippen LogP contribution >= 0.6 is 0 Å². The molecule has 64 heavy (non-hydrogen) atoms. The van der Waals surface area contributed by atoms with Gasteiger partial charge in [-0.2, -0.15) is 25.3 Å². The van der Waals surface area contributed by atoms with Gasteiger partial charge in [-0.05, 0) is 98.0 Å². The van der Waals surface area contributed by atoms with Crippen LogP contribution in [0.2, 0.25) is 0 Å². The van der Waals surface area contributed by atoms with Crippen LogP contribution in [0.1, 0.15) is 84.6 Å². The minimum atomic E-state index is -4.50. The fourth-order valence-corrected chi connectivity index (χ4v) is 8.26. The van der Waals surface area contributed by atoms with E-state index < -0.39 is 11.7 Å². The Bertz CT molecular complexity index is 3010. The molecule has 0 fully saturated rings. The van der Waals surface area contributed by atoms with Crippen molar-refractivity contribution in [3.05, 3.63) is 175 Å². The molecular formula is C55H50F3N4OPt-3. The van der Waals surface area contributed by atoms with Crippen molar-refractivity contribution in [3.8, 4) is 28.4 Å². The quantitative estimate of drug-likeness (QED) is 0.155. The van der Waals surface area contributed by atoms with E-state index in [0.29, 0.717) is 28.4 Å². The normalized spacial score (nSPS) is 13.4. The first-order valence-electron chi connectivity index (χ1n) is 21.3. The van der Waals surface area contributed by atoms with Crippen LogP contribution in [-0.4, -0.2) is 9.55 Å². The van der Waals surface area contributed by atoms with Crippen LogP contribution in [0.4, 0.5) is 35.9 Å². The molecule has 2 aromatic heterocycles. The Morgan fingerprint density at radius 3 is 1.89 bits per heavy atom. The number of hydrogen-bond donors (Lipinski definition) is 0. The average molecular weight is 1040 g/mol. The van der Waals surface area contributed by atoms with Gasteiger partial charge < -0.3 is 19.1 Å². The number of hydrogen-bond acceptors (Lipinski definition) is 4. The van der Waals surface area contributed by atoms with Gasteiger partial charge in [0.25, 0.3) is 0 Å². The van der Waals surface area contributed by atoms with E-state index in [-0.39, 0.29) is 42.9 Å². The standard InChI is InChI=1S/C55H50F3N4O.Pt/c1-52(2,3)36-25-26-59-51(31-36)62-47-24-21-35(43-17-10-11-18-46(43)55(56,57)58)27-45(47)44-23-22-42(33-50(44)62)63-41-16-14-15-39(32-41)60-34-61(49-20-13-12-19-48(49)60)40-29-37(53(4,5)6)28-38(30-40)54(7,8)9;/h10-31,34H,1-9H3;/q-3;. The summed E-state index contributed by atoms with van der Waals surface area (Å²) in [4.78, 5) is 9.19. The first kappa shape index (κ1) is 44.7.